The lowest BCUT2D eigenvalue weighted by Crippen LogP contribution is -2.53. The van der Waals surface area contributed by atoms with Crippen LogP contribution in [0.1, 0.15) is 18.1 Å². The summed E-state index contributed by atoms with van der Waals surface area (Å²) in [5.74, 6) is -0.830. The second kappa shape index (κ2) is 13.1. The molecule has 1 N–H and O–H groups in total. The lowest BCUT2D eigenvalue weighted by atomic mass is 10.0. The molecule has 1 atom stereocenters. The van der Waals surface area contributed by atoms with E-state index in [1.54, 1.807) is 55.5 Å². The number of anilines is 1. The first kappa shape index (κ1) is 28.7. The maximum atomic E-state index is 13.9. The summed E-state index contributed by atoms with van der Waals surface area (Å²) >= 11 is 9.44. The van der Waals surface area contributed by atoms with Gasteiger partial charge in [-0.3, -0.25) is 13.9 Å². The number of carbonyl (C=O) groups is 2. The molecular weight excluding hydrogens is 578 g/mol. The van der Waals surface area contributed by atoms with Gasteiger partial charge in [-0.25, -0.2) is 8.42 Å². The summed E-state index contributed by atoms with van der Waals surface area (Å²) < 4.78 is 27.1. The maximum absolute atomic E-state index is 13.9. The van der Waals surface area contributed by atoms with Crippen LogP contribution >= 0.6 is 27.5 Å². The fraction of sp³-hybridized carbons (Fsp3) is 0.259. The zero-order chi connectivity index (χ0) is 27.0. The van der Waals surface area contributed by atoms with E-state index in [9.17, 15) is 18.0 Å². The molecule has 2 amide bonds. The van der Waals surface area contributed by atoms with Crippen LogP contribution in [0.15, 0.2) is 83.3 Å². The molecule has 0 spiro atoms. The molecule has 0 bridgehead atoms. The van der Waals surface area contributed by atoms with Gasteiger partial charge >= 0.3 is 0 Å². The van der Waals surface area contributed by atoms with E-state index in [4.69, 9.17) is 11.6 Å². The molecule has 0 saturated carbocycles. The van der Waals surface area contributed by atoms with Crippen LogP contribution in [0.5, 0.6) is 0 Å². The second-order valence-electron chi connectivity index (χ2n) is 8.47. The van der Waals surface area contributed by atoms with Crippen molar-refractivity contribution >= 4 is 55.1 Å². The van der Waals surface area contributed by atoms with Crippen LogP contribution < -0.4 is 9.62 Å². The number of para-hydroxylation sites is 1. The number of likely N-dealkylation sites (N-methyl/N-ethyl adjacent to an activating group) is 1. The number of nitrogens with zero attached hydrogens (tertiary/aromatic N) is 2. The van der Waals surface area contributed by atoms with Gasteiger partial charge in [0.1, 0.15) is 12.6 Å². The minimum Gasteiger partial charge on any atom is -0.355 e. The maximum Gasteiger partial charge on any atom is 0.244 e. The zero-order valence-corrected chi connectivity index (χ0v) is 23.8. The number of sulfonamides is 1. The van der Waals surface area contributed by atoms with Crippen LogP contribution in [-0.4, -0.2) is 50.5 Å². The molecule has 0 fully saturated rings. The summed E-state index contributed by atoms with van der Waals surface area (Å²) in [4.78, 5) is 28.6. The fourth-order valence-corrected chi connectivity index (χ4v) is 5.48. The van der Waals surface area contributed by atoms with Gasteiger partial charge in [0.25, 0.3) is 0 Å². The van der Waals surface area contributed by atoms with Crippen LogP contribution in [0.3, 0.4) is 0 Å². The highest BCUT2D eigenvalue weighted by molar-refractivity contribution is 9.10. The Bertz CT molecular complexity index is 1320. The molecule has 0 aromatic heterocycles. The zero-order valence-electron chi connectivity index (χ0n) is 20.6. The summed E-state index contributed by atoms with van der Waals surface area (Å²) in [6.07, 6.45) is 1.31. The Balaban J connectivity index is 2.04. The van der Waals surface area contributed by atoms with Crippen molar-refractivity contribution in [2.24, 2.45) is 0 Å². The molecule has 0 saturated heterocycles. The third-order valence-corrected chi connectivity index (χ3v) is 7.74. The van der Waals surface area contributed by atoms with Crippen LogP contribution in [0, 0.1) is 0 Å². The molecule has 196 valence electrons. The van der Waals surface area contributed by atoms with E-state index >= 15 is 0 Å². The molecule has 0 radical (unpaired) electrons. The predicted octanol–water partition coefficient (Wildman–Crippen LogP) is 4.64. The van der Waals surface area contributed by atoms with E-state index in [1.807, 2.05) is 30.3 Å². The molecular formula is C27H29BrClN3O4S. The van der Waals surface area contributed by atoms with Crippen molar-refractivity contribution in [2.45, 2.75) is 25.9 Å². The van der Waals surface area contributed by atoms with Gasteiger partial charge < -0.3 is 10.2 Å². The molecule has 0 unspecified atom stereocenters. The van der Waals surface area contributed by atoms with Crippen LogP contribution in [-0.2, 0) is 32.6 Å². The van der Waals surface area contributed by atoms with Gasteiger partial charge in [0.05, 0.1) is 11.9 Å². The monoisotopic (exact) mass is 605 g/mol. The average Bonchev–Trinajstić information content (AvgIpc) is 2.86. The van der Waals surface area contributed by atoms with Crippen molar-refractivity contribution in [3.8, 4) is 0 Å². The lowest BCUT2D eigenvalue weighted by Gasteiger charge is -2.33. The highest BCUT2D eigenvalue weighted by Gasteiger charge is 2.33. The highest BCUT2D eigenvalue weighted by Crippen LogP contribution is 2.28. The van der Waals surface area contributed by atoms with Gasteiger partial charge in [-0.1, -0.05) is 66.2 Å². The van der Waals surface area contributed by atoms with E-state index in [0.29, 0.717) is 21.7 Å². The standard InChI is InChI=1S/C27H29BrClN3O4S/c1-3-30-27(34)25(17-20-9-5-4-6-10-20)31(18-21-13-15-22(29)16-14-21)26(33)19-32(37(2,35)36)24-12-8-7-11-23(24)28/h4-16,25H,3,17-19H2,1-2H3,(H,30,34)/t25-/m0/s1. The van der Waals surface area contributed by atoms with Crippen molar-refractivity contribution in [1.29, 1.82) is 0 Å². The Morgan fingerprint density at radius 1 is 0.946 bits per heavy atom. The molecule has 37 heavy (non-hydrogen) atoms. The summed E-state index contributed by atoms with van der Waals surface area (Å²) in [7, 11) is -3.82. The number of carbonyl (C=O) groups excluding carboxylic acids is 2. The van der Waals surface area contributed by atoms with E-state index < -0.39 is 28.5 Å². The van der Waals surface area contributed by atoms with Gasteiger partial charge in [0.15, 0.2) is 0 Å². The third-order valence-electron chi connectivity index (χ3n) is 5.69. The van der Waals surface area contributed by atoms with Crippen molar-refractivity contribution in [1.82, 2.24) is 10.2 Å². The Hall–Kier alpha value is -2.88. The Morgan fingerprint density at radius 2 is 1.57 bits per heavy atom. The summed E-state index contributed by atoms with van der Waals surface area (Å²) in [6.45, 7) is 1.82. The average molecular weight is 607 g/mol. The summed E-state index contributed by atoms with van der Waals surface area (Å²) in [5.41, 5.74) is 1.97. The predicted molar refractivity (Wildman–Crippen MR) is 151 cm³/mol. The molecule has 0 aliphatic rings. The third kappa shape index (κ3) is 8.05. The number of hydrogen-bond donors (Lipinski definition) is 1. The normalized spacial score (nSPS) is 12.0. The number of benzene rings is 3. The van der Waals surface area contributed by atoms with Crippen molar-refractivity contribution in [3.05, 3.63) is 99.5 Å². The number of hydrogen-bond acceptors (Lipinski definition) is 4. The molecule has 0 heterocycles. The van der Waals surface area contributed by atoms with Crippen molar-refractivity contribution in [3.63, 3.8) is 0 Å². The van der Waals surface area contributed by atoms with Gasteiger partial charge in [0, 0.05) is 29.0 Å². The lowest BCUT2D eigenvalue weighted by molar-refractivity contribution is -0.140. The smallest absolute Gasteiger partial charge is 0.244 e. The molecule has 0 aliphatic carbocycles. The summed E-state index contributed by atoms with van der Waals surface area (Å²) in [5, 5.41) is 3.37. The largest absolute Gasteiger partial charge is 0.355 e. The van der Waals surface area contributed by atoms with Crippen LogP contribution in [0.2, 0.25) is 5.02 Å². The van der Waals surface area contributed by atoms with Gasteiger partial charge in [-0.2, -0.15) is 0 Å². The topological polar surface area (TPSA) is 86.8 Å². The number of amides is 2. The number of halogens is 2. The van der Waals surface area contributed by atoms with E-state index in [0.717, 1.165) is 21.7 Å². The molecule has 7 nitrogen and oxygen atoms in total. The van der Waals surface area contributed by atoms with Crippen molar-refractivity contribution < 1.29 is 18.0 Å². The SMILES string of the molecule is CCNC(=O)[C@H](Cc1ccccc1)N(Cc1ccc(Cl)cc1)C(=O)CN(c1ccccc1Br)S(C)(=O)=O. The summed E-state index contributed by atoms with van der Waals surface area (Å²) in [6, 6.07) is 22.3. The first-order valence-electron chi connectivity index (χ1n) is 11.7. The second-order valence-corrected chi connectivity index (χ2v) is 11.7. The molecule has 3 aromatic carbocycles. The first-order valence-corrected chi connectivity index (χ1v) is 14.7. The van der Waals surface area contributed by atoms with E-state index in [1.165, 1.54) is 4.90 Å². The number of nitrogens with one attached hydrogen (secondary N) is 1. The fourth-order valence-electron chi connectivity index (χ4n) is 3.88. The Kier molecular flexibility index (Phi) is 10.1. The Labute approximate surface area is 231 Å². The quantitative estimate of drug-likeness (QED) is 0.345. The van der Waals surface area contributed by atoms with Crippen molar-refractivity contribution in [2.75, 3.05) is 23.7 Å². The first-order chi connectivity index (χ1) is 17.6. The van der Waals surface area contributed by atoms with E-state index in [2.05, 4.69) is 21.2 Å². The Morgan fingerprint density at radius 3 is 2.16 bits per heavy atom. The van der Waals surface area contributed by atoms with Gasteiger partial charge in [-0.05, 0) is 58.2 Å². The van der Waals surface area contributed by atoms with Crippen LogP contribution in [0.25, 0.3) is 0 Å². The molecule has 3 rings (SSSR count). The van der Waals surface area contributed by atoms with Gasteiger partial charge in [0.2, 0.25) is 21.8 Å². The molecule has 10 heteroatoms. The van der Waals surface area contributed by atoms with Gasteiger partial charge in [-0.15, -0.1) is 0 Å². The minimum atomic E-state index is -3.82. The van der Waals surface area contributed by atoms with E-state index in [-0.39, 0.29) is 18.9 Å². The molecule has 3 aromatic rings. The highest BCUT2D eigenvalue weighted by atomic mass is 79.9. The minimum absolute atomic E-state index is 0.0954. The number of rotatable bonds is 11. The molecule has 0 aliphatic heterocycles. The van der Waals surface area contributed by atoms with Crippen LogP contribution in [0.4, 0.5) is 5.69 Å².